The van der Waals surface area contributed by atoms with Crippen LogP contribution in [0.2, 0.25) is 0 Å². The van der Waals surface area contributed by atoms with E-state index in [1.54, 1.807) is 0 Å². The lowest BCUT2D eigenvalue weighted by Crippen LogP contribution is -2.15. The molecular formula is C37H25NS. The average Bonchev–Trinajstić information content (AvgIpc) is 3.58. The molecule has 0 atom stereocenters. The Morgan fingerprint density at radius 3 is 2.15 bits per heavy atom. The highest BCUT2D eigenvalue weighted by Gasteiger charge is 2.38. The molecule has 2 heterocycles. The van der Waals surface area contributed by atoms with Gasteiger partial charge in [-0.25, -0.2) is 0 Å². The first-order chi connectivity index (χ1) is 19.1. The summed E-state index contributed by atoms with van der Waals surface area (Å²) in [6.07, 6.45) is 0. The molecule has 0 spiro atoms. The van der Waals surface area contributed by atoms with Crippen LogP contribution < -0.4 is 0 Å². The maximum Gasteiger partial charge on any atom is 0.0555 e. The quantitative estimate of drug-likeness (QED) is 0.205. The summed E-state index contributed by atoms with van der Waals surface area (Å²) in [4.78, 5) is 0. The van der Waals surface area contributed by atoms with Gasteiger partial charge in [-0.3, -0.25) is 0 Å². The second-order valence-corrected chi connectivity index (χ2v) is 12.4. The van der Waals surface area contributed by atoms with E-state index in [9.17, 15) is 0 Å². The lowest BCUT2D eigenvalue weighted by molar-refractivity contribution is 0.667. The van der Waals surface area contributed by atoms with Crippen molar-refractivity contribution in [3.63, 3.8) is 0 Å². The molecule has 0 saturated carbocycles. The van der Waals surface area contributed by atoms with Gasteiger partial charge < -0.3 is 4.57 Å². The Bertz CT molecular complexity index is 2310. The zero-order chi connectivity index (χ0) is 25.9. The Labute approximate surface area is 230 Å². The number of thiophene rings is 1. The minimum absolute atomic E-state index is 0.107. The molecule has 1 nitrogen and oxygen atoms in total. The maximum absolute atomic E-state index is 2.52. The molecule has 1 aliphatic carbocycles. The molecular weight excluding hydrogens is 490 g/mol. The molecule has 0 saturated heterocycles. The first-order valence-corrected chi connectivity index (χ1v) is 14.4. The molecule has 0 amide bonds. The average molecular weight is 516 g/mol. The molecule has 2 heteroatoms. The van der Waals surface area contributed by atoms with Crippen LogP contribution in [-0.2, 0) is 5.41 Å². The van der Waals surface area contributed by atoms with Crippen LogP contribution in [0.3, 0.4) is 0 Å². The third-order valence-electron chi connectivity index (χ3n) is 8.93. The Morgan fingerprint density at radius 1 is 0.564 bits per heavy atom. The van der Waals surface area contributed by atoms with Crippen molar-refractivity contribution in [1.29, 1.82) is 0 Å². The van der Waals surface area contributed by atoms with E-state index in [1.807, 2.05) is 11.3 Å². The smallest absolute Gasteiger partial charge is 0.0555 e. The summed E-state index contributed by atoms with van der Waals surface area (Å²) in [6.45, 7) is 4.82. The Morgan fingerprint density at radius 2 is 1.28 bits per heavy atom. The third kappa shape index (κ3) is 2.69. The van der Waals surface area contributed by atoms with Gasteiger partial charge in [0.25, 0.3) is 0 Å². The molecule has 0 fully saturated rings. The second kappa shape index (κ2) is 7.37. The fourth-order valence-electron chi connectivity index (χ4n) is 7.25. The number of fused-ring (bicyclic) bond motifs is 11. The minimum Gasteiger partial charge on any atom is -0.309 e. The van der Waals surface area contributed by atoms with Gasteiger partial charge >= 0.3 is 0 Å². The van der Waals surface area contributed by atoms with Crippen LogP contribution in [0.15, 0.2) is 115 Å². The van der Waals surface area contributed by atoms with Gasteiger partial charge in [0, 0.05) is 36.4 Å². The number of hydrogen-bond donors (Lipinski definition) is 0. The van der Waals surface area contributed by atoms with Crippen LogP contribution in [-0.4, -0.2) is 4.57 Å². The topological polar surface area (TPSA) is 4.93 Å². The van der Waals surface area contributed by atoms with E-state index in [-0.39, 0.29) is 5.41 Å². The molecule has 0 unspecified atom stereocenters. The van der Waals surface area contributed by atoms with E-state index < -0.39 is 0 Å². The van der Waals surface area contributed by atoms with Gasteiger partial charge in [-0.15, -0.1) is 11.3 Å². The summed E-state index contributed by atoms with van der Waals surface area (Å²) in [5.41, 5.74) is 9.31. The zero-order valence-electron chi connectivity index (χ0n) is 21.8. The fraction of sp³-hybridized carbons (Fsp3) is 0.0811. The van der Waals surface area contributed by atoms with Gasteiger partial charge in [0.05, 0.1) is 16.7 Å². The van der Waals surface area contributed by atoms with E-state index in [0.717, 1.165) is 0 Å². The van der Waals surface area contributed by atoms with E-state index in [4.69, 9.17) is 0 Å². The van der Waals surface area contributed by atoms with Crippen LogP contribution in [0.1, 0.15) is 25.0 Å². The van der Waals surface area contributed by atoms with Crippen molar-refractivity contribution in [2.24, 2.45) is 0 Å². The number of para-hydroxylation sites is 1. The number of aromatic nitrogens is 1. The number of rotatable bonds is 1. The van der Waals surface area contributed by atoms with Gasteiger partial charge in [0.15, 0.2) is 0 Å². The monoisotopic (exact) mass is 515 g/mol. The van der Waals surface area contributed by atoms with E-state index in [1.165, 1.54) is 80.7 Å². The molecule has 0 aliphatic heterocycles. The van der Waals surface area contributed by atoms with Crippen molar-refractivity contribution in [2.75, 3.05) is 0 Å². The van der Waals surface area contributed by atoms with Gasteiger partial charge in [-0.2, -0.15) is 0 Å². The Hall–Kier alpha value is -4.40. The summed E-state index contributed by atoms with van der Waals surface area (Å²) >= 11 is 1.88. The molecule has 184 valence electrons. The first-order valence-electron chi connectivity index (χ1n) is 13.6. The van der Waals surface area contributed by atoms with Crippen molar-refractivity contribution in [2.45, 2.75) is 19.3 Å². The lowest BCUT2D eigenvalue weighted by Gasteiger charge is -2.23. The van der Waals surface area contributed by atoms with Gasteiger partial charge in [-0.05, 0) is 75.5 Å². The molecule has 8 aromatic rings. The molecule has 9 rings (SSSR count). The SMILES string of the molecule is CC1(C)c2cc3ccccc3cc2-c2ccc3c(c21)c1ccccc1n3-c1cccc2sc3ccccc3c12. The number of hydrogen-bond acceptors (Lipinski definition) is 1. The van der Waals surface area contributed by atoms with Gasteiger partial charge in [0.1, 0.15) is 0 Å². The van der Waals surface area contributed by atoms with E-state index in [2.05, 4.69) is 134 Å². The van der Waals surface area contributed by atoms with Crippen LogP contribution in [0.25, 0.3) is 69.6 Å². The molecule has 2 aromatic heterocycles. The van der Waals surface area contributed by atoms with Crippen molar-refractivity contribution in [3.8, 4) is 16.8 Å². The predicted molar refractivity (Wildman–Crippen MR) is 169 cm³/mol. The molecule has 0 bridgehead atoms. The standard InChI is InChI=1S/C37H25NS/c1-37(2)28-21-23-11-4-3-10-22(23)20-27(28)24-18-19-31-35(36(24)37)25-12-5-7-14-29(25)38(31)30-15-9-17-33-34(30)26-13-6-8-16-32(26)39-33/h3-21H,1-2H3. The minimum atomic E-state index is -0.107. The Balaban J connectivity index is 1.44. The molecule has 39 heavy (non-hydrogen) atoms. The van der Waals surface area contributed by atoms with Crippen LogP contribution in [0, 0.1) is 0 Å². The summed E-state index contributed by atoms with van der Waals surface area (Å²) in [5.74, 6) is 0. The largest absolute Gasteiger partial charge is 0.309 e. The summed E-state index contributed by atoms with van der Waals surface area (Å²) in [5, 5.41) is 8.00. The van der Waals surface area contributed by atoms with E-state index >= 15 is 0 Å². The lowest BCUT2D eigenvalue weighted by atomic mass is 9.80. The molecule has 0 N–H and O–H groups in total. The third-order valence-corrected chi connectivity index (χ3v) is 10.1. The normalized spacial score (nSPS) is 14.1. The summed E-state index contributed by atoms with van der Waals surface area (Å²) in [7, 11) is 0. The zero-order valence-corrected chi connectivity index (χ0v) is 22.6. The van der Waals surface area contributed by atoms with Crippen molar-refractivity contribution in [3.05, 3.63) is 126 Å². The highest BCUT2D eigenvalue weighted by molar-refractivity contribution is 7.25. The van der Waals surface area contributed by atoms with Gasteiger partial charge in [-0.1, -0.05) is 86.6 Å². The second-order valence-electron chi connectivity index (χ2n) is 11.4. The van der Waals surface area contributed by atoms with Crippen molar-refractivity contribution >= 4 is 64.1 Å². The summed E-state index contributed by atoms with van der Waals surface area (Å²) < 4.78 is 5.19. The molecule has 0 radical (unpaired) electrons. The fourth-order valence-corrected chi connectivity index (χ4v) is 8.38. The summed E-state index contributed by atoms with van der Waals surface area (Å²) in [6, 6.07) is 42.9. The predicted octanol–water partition coefficient (Wildman–Crippen LogP) is 10.6. The molecule has 6 aromatic carbocycles. The number of nitrogens with zero attached hydrogens (tertiary/aromatic N) is 1. The van der Waals surface area contributed by atoms with Crippen LogP contribution >= 0.6 is 11.3 Å². The maximum atomic E-state index is 2.52. The highest BCUT2D eigenvalue weighted by atomic mass is 32.1. The molecule has 1 aliphatic rings. The van der Waals surface area contributed by atoms with Crippen molar-refractivity contribution in [1.82, 2.24) is 4.57 Å². The highest BCUT2D eigenvalue weighted by Crippen LogP contribution is 2.54. The first kappa shape index (κ1) is 21.5. The number of benzene rings is 6. The van der Waals surface area contributed by atoms with E-state index in [0.29, 0.717) is 0 Å². The van der Waals surface area contributed by atoms with Crippen molar-refractivity contribution < 1.29 is 0 Å². The Kier molecular flexibility index (Phi) is 4.07. The van der Waals surface area contributed by atoms with Crippen LogP contribution in [0.5, 0.6) is 0 Å². The van der Waals surface area contributed by atoms with Gasteiger partial charge in [0.2, 0.25) is 0 Å². The van der Waals surface area contributed by atoms with Crippen LogP contribution in [0.4, 0.5) is 0 Å².